The van der Waals surface area contributed by atoms with Gasteiger partial charge < -0.3 is 9.47 Å². The number of hydrogen-bond acceptors (Lipinski definition) is 2. The molecular formula is C14H12FO2. The smallest absolute Gasteiger partial charge is 0.169 e. The molecule has 0 spiro atoms. The Labute approximate surface area is 99.6 Å². The third kappa shape index (κ3) is 2.97. The van der Waals surface area contributed by atoms with E-state index in [9.17, 15) is 4.39 Å². The minimum Gasteiger partial charge on any atom is -0.493 e. The standard InChI is InChI=1S/C14H12FO2/c1-16-13-7-2-3-8-14(13)17-10-11-5-4-6-12(15)9-11/h2-7,9H,10H2,1H3. The Kier molecular flexibility index (Phi) is 3.60. The van der Waals surface area contributed by atoms with E-state index in [-0.39, 0.29) is 12.4 Å². The Morgan fingerprint density at radius 3 is 2.88 bits per heavy atom. The average Bonchev–Trinajstić information content (AvgIpc) is 2.37. The first-order valence-corrected chi connectivity index (χ1v) is 5.21. The van der Waals surface area contributed by atoms with Crippen molar-refractivity contribution in [1.82, 2.24) is 0 Å². The van der Waals surface area contributed by atoms with Crippen LogP contribution < -0.4 is 9.47 Å². The first kappa shape index (κ1) is 11.5. The summed E-state index contributed by atoms with van der Waals surface area (Å²) in [6.45, 7) is 0.286. The monoisotopic (exact) mass is 231 g/mol. The van der Waals surface area contributed by atoms with Crippen molar-refractivity contribution in [3.63, 3.8) is 0 Å². The van der Waals surface area contributed by atoms with Gasteiger partial charge in [-0.2, -0.15) is 0 Å². The lowest BCUT2D eigenvalue weighted by Crippen LogP contribution is -1.97. The molecule has 0 bridgehead atoms. The highest BCUT2D eigenvalue weighted by molar-refractivity contribution is 5.38. The Balaban J connectivity index is 2.07. The van der Waals surface area contributed by atoms with Crippen molar-refractivity contribution in [3.05, 3.63) is 59.9 Å². The molecule has 0 saturated carbocycles. The predicted octanol–water partition coefficient (Wildman–Crippen LogP) is 3.21. The zero-order chi connectivity index (χ0) is 12.1. The highest BCUT2D eigenvalue weighted by Gasteiger charge is 2.03. The lowest BCUT2D eigenvalue weighted by atomic mass is 10.2. The molecule has 0 unspecified atom stereocenters. The molecule has 2 nitrogen and oxygen atoms in total. The van der Waals surface area contributed by atoms with Crippen molar-refractivity contribution in [3.8, 4) is 11.5 Å². The molecular weight excluding hydrogens is 219 g/mol. The van der Waals surface area contributed by atoms with Crippen LogP contribution in [0.4, 0.5) is 4.39 Å². The van der Waals surface area contributed by atoms with E-state index in [2.05, 4.69) is 6.07 Å². The summed E-state index contributed by atoms with van der Waals surface area (Å²) < 4.78 is 23.6. The van der Waals surface area contributed by atoms with E-state index in [1.165, 1.54) is 12.1 Å². The number of rotatable bonds is 4. The first-order valence-electron chi connectivity index (χ1n) is 5.21. The largest absolute Gasteiger partial charge is 0.493 e. The highest BCUT2D eigenvalue weighted by atomic mass is 19.1. The maximum atomic E-state index is 13.0. The molecule has 2 aromatic carbocycles. The number of para-hydroxylation sites is 1. The van der Waals surface area contributed by atoms with Gasteiger partial charge in [0.2, 0.25) is 0 Å². The van der Waals surface area contributed by atoms with E-state index in [1.807, 2.05) is 6.07 Å². The van der Waals surface area contributed by atoms with Crippen molar-refractivity contribution < 1.29 is 13.9 Å². The van der Waals surface area contributed by atoms with Crippen LogP contribution in [0.2, 0.25) is 0 Å². The van der Waals surface area contributed by atoms with Gasteiger partial charge in [-0.15, -0.1) is 0 Å². The molecule has 0 saturated heterocycles. The lowest BCUT2D eigenvalue weighted by Gasteiger charge is -2.09. The molecule has 17 heavy (non-hydrogen) atoms. The van der Waals surface area contributed by atoms with Crippen molar-refractivity contribution >= 4 is 0 Å². The molecule has 2 rings (SSSR count). The van der Waals surface area contributed by atoms with Crippen LogP contribution >= 0.6 is 0 Å². The summed E-state index contributed by atoms with van der Waals surface area (Å²) in [5, 5.41) is 0. The molecule has 3 heteroatoms. The summed E-state index contributed by atoms with van der Waals surface area (Å²) in [7, 11) is 1.57. The zero-order valence-corrected chi connectivity index (χ0v) is 9.44. The number of ether oxygens (including phenoxy) is 2. The molecule has 0 aliphatic carbocycles. The van der Waals surface area contributed by atoms with Crippen LogP contribution in [0, 0.1) is 11.9 Å². The second-order valence-electron chi connectivity index (χ2n) is 3.49. The van der Waals surface area contributed by atoms with Gasteiger partial charge in [0.05, 0.1) is 7.11 Å². The molecule has 0 aromatic heterocycles. The molecule has 0 aliphatic heterocycles. The van der Waals surface area contributed by atoms with E-state index >= 15 is 0 Å². The maximum absolute atomic E-state index is 13.0. The van der Waals surface area contributed by atoms with Gasteiger partial charge in [-0.25, -0.2) is 4.39 Å². The van der Waals surface area contributed by atoms with Crippen LogP contribution in [-0.4, -0.2) is 7.11 Å². The maximum Gasteiger partial charge on any atom is 0.169 e. The summed E-state index contributed by atoms with van der Waals surface area (Å²) in [5.41, 5.74) is 0.768. The number of hydrogen-bond donors (Lipinski definition) is 0. The van der Waals surface area contributed by atoms with E-state index in [4.69, 9.17) is 9.47 Å². The van der Waals surface area contributed by atoms with E-state index < -0.39 is 0 Å². The van der Waals surface area contributed by atoms with Gasteiger partial charge >= 0.3 is 0 Å². The number of methoxy groups -OCH3 is 1. The Hall–Kier alpha value is -2.03. The number of benzene rings is 2. The fraction of sp³-hybridized carbons (Fsp3) is 0.143. The Morgan fingerprint density at radius 2 is 2.12 bits per heavy atom. The van der Waals surface area contributed by atoms with Crippen LogP contribution in [0.25, 0.3) is 0 Å². The fourth-order valence-electron chi connectivity index (χ4n) is 1.46. The summed E-state index contributed by atoms with van der Waals surface area (Å²) in [5.74, 6) is 0.873. The Morgan fingerprint density at radius 1 is 1.24 bits per heavy atom. The van der Waals surface area contributed by atoms with Crippen LogP contribution in [0.3, 0.4) is 0 Å². The van der Waals surface area contributed by atoms with E-state index in [0.717, 1.165) is 5.56 Å². The Bertz CT molecular complexity index is 497. The van der Waals surface area contributed by atoms with Crippen LogP contribution in [-0.2, 0) is 6.61 Å². The molecule has 0 fully saturated rings. The lowest BCUT2D eigenvalue weighted by molar-refractivity contribution is 0.283. The normalized spacial score (nSPS) is 10.0. The van der Waals surface area contributed by atoms with E-state index in [0.29, 0.717) is 11.5 Å². The van der Waals surface area contributed by atoms with Gasteiger partial charge in [0, 0.05) is 6.07 Å². The van der Waals surface area contributed by atoms with Crippen molar-refractivity contribution in [1.29, 1.82) is 0 Å². The second kappa shape index (κ2) is 5.34. The minimum absolute atomic E-state index is 0.268. The predicted molar refractivity (Wildman–Crippen MR) is 62.6 cm³/mol. The van der Waals surface area contributed by atoms with Gasteiger partial charge in [-0.1, -0.05) is 24.3 Å². The quantitative estimate of drug-likeness (QED) is 0.804. The SMILES string of the molecule is COc1ccc[c]c1OCc1cccc(F)c1. The molecule has 0 heterocycles. The average molecular weight is 231 g/mol. The molecule has 0 atom stereocenters. The summed E-state index contributed by atoms with van der Waals surface area (Å²) in [6.07, 6.45) is 0. The van der Waals surface area contributed by atoms with Crippen LogP contribution in [0.5, 0.6) is 11.5 Å². The van der Waals surface area contributed by atoms with Gasteiger partial charge in [-0.05, 0) is 23.8 Å². The number of halogens is 1. The third-order valence-corrected chi connectivity index (χ3v) is 2.27. The fourth-order valence-corrected chi connectivity index (χ4v) is 1.46. The van der Waals surface area contributed by atoms with E-state index in [1.54, 1.807) is 31.4 Å². The van der Waals surface area contributed by atoms with Gasteiger partial charge in [-0.3, -0.25) is 0 Å². The highest BCUT2D eigenvalue weighted by Crippen LogP contribution is 2.25. The van der Waals surface area contributed by atoms with Crippen molar-refractivity contribution in [2.75, 3.05) is 7.11 Å². The van der Waals surface area contributed by atoms with Crippen molar-refractivity contribution in [2.45, 2.75) is 6.61 Å². The minimum atomic E-state index is -0.268. The van der Waals surface area contributed by atoms with Crippen LogP contribution in [0.1, 0.15) is 5.56 Å². The molecule has 0 amide bonds. The topological polar surface area (TPSA) is 18.5 Å². The van der Waals surface area contributed by atoms with Gasteiger partial charge in [0.15, 0.2) is 11.5 Å². The summed E-state index contributed by atoms with van der Waals surface area (Å²) >= 11 is 0. The summed E-state index contributed by atoms with van der Waals surface area (Å²) in [4.78, 5) is 0. The first-order chi connectivity index (χ1) is 8.29. The van der Waals surface area contributed by atoms with Gasteiger partial charge in [0.25, 0.3) is 0 Å². The summed E-state index contributed by atoms with van der Waals surface area (Å²) in [6, 6.07) is 14.6. The van der Waals surface area contributed by atoms with Gasteiger partial charge in [0.1, 0.15) is 12.4 Å². The second-order valence-corrected chi connectivity index (χ2v) is 3.49. The molecule has 0 N–H and O–H groups in total. The van der Waals surface area contributed by atoms with Crippen LogP contribution in [0.15, 0.2) is 42.5 Å². The molecule has 2 aromatic rings. The molecule has 1 radical (unpaired) electrons. The molecule has 0 aliphatic rings. The molecule has 87 valence electrons. The third-order valence-electron chi connectivity index (χ3n) is 2.27. The van der Waals surface area contributed by atoms with Crippen molar-refractivity contribution in [2.24, 2.45) is 0 Å². The zero-order valence-electron chi connectivity index (χ0n) is 9.44.